The zero-order chi connectivity index (χ0) is 14.9. The third-order valence-electron chi connectivity index (χ3n) is 4.56. The lowest BCUT2D eigenvalue weighted by Gasteiger charge is -2.36. The van der Waals surface area contributed by atoms with Crippen molar-refractivity contribution in [3.63, 3.8) is 0 Å². The van der Waals surface area contributed by atoms with Crippen LogP contribution in [0.2, 0.25) is 0 Å². The molecule has 2 fully saturated rings. The number of carbonyl (C=O) groups excluding carboxylic acids is 1. The van der Waals surface area contributed by atoms with Crippen LogP contribution in [0.3, 0.4) is 0 Å². The highest BCUT2D eigenvalue weighted by molar-refractivity contribution is 5.81. The van der Waals surface area contributed by atoms with Gasteiger partial charge in [0.15, 0.2) is 0 Å². The minimum atomic E-state index is -4.82. The van der Waals surface area contributed by atoms with Gasteiger partial charge in [-0.3, -0.25) is 9.59 Å². The summed E-state index contributed by atoms with van der Waals surface area (Å²) in [7, 11) is 0. The van der Waals surface area contributed by atoms with E-state index in [1.54, 1.807) is 0 Å². The molecule has 0 radical (unpaired) electrons. The molecule has 2 aliphatic rings. The Hall–Kier alpha value is -1.27. The SMILES string of the molecule is O=C(O)C1CCCC1C1CCN(C(=O)C(F)(F)F)CC1. The number of carbonyl (C=O) groups is 2. The fourth-order valence-corrected chi connectivity index (χ4v) is 3.57. The second kappa shape index (κ2) is 5.61. The van der Waals surface area contributed by atoms with Gasteiger partial charge in [0.05, 0.1) is 5.92 Å². The van der Waals surface area contributed by atoms with E-state index in [2.05, 4.69) is 0 Å². The molecule has 20 heavy (non-hydrogen) atoms. The number of rotatable bonds is 2. The number of likely N-dealkylation sites (tertiary alicyclic amines) is 1. The number of alkyl halides is 3. The van der Waals surface area contributed by atoms with E-state index in [1.165, 1.54) is 0 Å². The van der Waals surface area contributed by atoms with Crippen molar-refractivity contribution in [2.45, 2.75) is 38.3 Å². The maximum absolute atomic E-state index is 12.3. The van der Waals surface area contributed by atoms with Crippen LogP contribution in [-0.4, -0.2) is 41.1 Å². The number of hydrogen-bond acceptors (Lipinski definition) is 2. The van der Waals surface area contributed by atoms with Crippen molar-refractivity contribution >= 4 is 11.9 Å². The number of aliphatic carboxylic acids is 1. The first-order chi connectivity index (χ1) is 9.30. The average Bonchev–Trinajstić information content (AvgIpc) is 2.86. The van der Waals surface area contributed by atoms with Crippen molar-refractivity contribution in [1.29, 1.82) is 0 Å². The maximum atomic E-state index is 12.3. The van der Waals surface area contributed by atoms with Gasteiger partial charge in [-0.25, -0.2) is 0 Å². The van der Waals surface area contributed by atoms with E-state index in [1.807, 2.05) is 0 Å². The van der Waals surface area contributed by atoms with Crippen molar-refractivity contribution in [1.82, 2.24) is 4.90 Å². The standard InChI is InChI=1S/C13H18F3NO3/c14-13(15,16)12(20)17-6-4-8(5-7-17)9-2-1-3-10(9)11(18)19/h8-10H,1-7H2,(H,18,19). The van der Waals surface area contributed by atoms with Crippen LogP contribution in [0.25, 0.3) is 0 Å². The van der Waals surface area contributed by atoms with Crippen LogP contribution in [0.5, 0.6) is 0 Å². The molecule has 2 unspecified atom stereocenters. The predicted molar refractivity (Wildman–Crippen MR) is 63.8 cm³/mol. The molecule has 1 saturated carbocycles. The summed E-state index contributed by atoms with van der Waals surface area (Å²) in [5.74, 6) is -2.78. The van der Waals surface area contributed by atoms with E-state index < -0.39 is 18.1 Å². The molecular formula is C13H18F3NO3. The molecule has 114 valence electrons. The summed E-state index contributed by atoms with van der Waals surface area (Å²) in [5, 5.41) is 9.15. The Bertz CT molecular complexity index is 389. The van der Waals surface area contributed by atoms with Gasteiger partial charge >= 0.3 is 18.1 Å². The zero-order valence-electron chi connectivity index (χ0n) is 11.0. The molecule has 2 atom stereocenters. The van der Waals surface area contributed by atoms with Crippen molar-refractivity contribution in [3.8, 4) is 0 Å². The van der Waals surface area contributed by atoms with Gasteiger partial charge in [-0.05, 0) is 37.5 Å². The molecule has 0 aromatic heterocycles. The second-order valence-electron chi connectivity index (χ2n) is 5.67. The van der Waals surface area contributed by atoms with Crippen LogP contribution in [0.15, 0.2) is 0 Å². The second-order valence-corrected chi connectivity index (χ2v) is 5.67. The number of halogens is 3. The van der Waals surface area contributed by atoms with Crippen molar-refractivity contribution in [3.05, 3.63) is 0 Å². The summed E-state index contributed by atoms with van der Waals surface area (Å²) >= 11 is 0. The summed E-state index contributed by atoms with van der Waals surface area (Å²) in [5.41, 5.74) is 0. The Morgan fingerprint density at radius 3 is 2.15 bits per heavy atom. The Morgan fingerprint density at radius 1 is 1.05 bits per heavy atom. The normalized spacial score (nSPS) is 28.6. The zero-order valence-corrected chi connectivity index (χ0v) is 11.0. The topological polar surface area (TPSA) is 57.6 Å². The smallest absolute Gasteiger partial charge is 0.471 e. The lowest BCUT2D eigenvalue weighted by Crippen LogP contribution is -2.46. The largest absolute Gasteiger partial charge is 0.481 e. The van der Waals surface area contributed by atoms with Crippen LogP contribution in [0.4, 0.5) is 13.2 Å². The molecule has 0 aromatic carbocycles. The number of hydrogen-bond donors (Lipinski definition) is 1. The van der Waals surface area contributed by atoms with Gasteiger partial charge in [0.25, 0.3) is 0 Å². The lowest BCUT2D eigenvalue weighted by atomic mass is 9.78. The van der Waals surface area contributed by atoms with E-state index in [0.29, 0.717) is 19.3 Å². The van der Waals surface area contributed by atoms with Gasteiger partial charge in [-0.2, -0.15) is 13.2 Å². The first-order valence-corrected chi connectivity index (χ1v) is 6.89. The van der Waals surface area contributed by atoms with Crippen molar-refractivity contribution in [2.75, 3.05) is 13.1 Å². The highest BCUT2D eigenvalue weighted by Crippen LogP contribution is 2.41. The first-order valence-electron chi connectivity index (χ1n) is 6.89. The first kappa shape index (κ1) is 15.1. The average molecular weight is 293 g/mol. The van der Waals surface area contributed by atoms with E-state index in [4.69, 9.17) is 5.11 Å². The van der Waals surface area contributed by atoms with Crippen LogP contribution in [0.1, 0.15) is 32.1 Å². The summed E-state index contributed by atoms with van der Waals surface area (Å²) in [4.78, 5) is 23.1. The molecule has 1 aliphatic heterocycles. The van der Waals surface area contributed by atoms with E-state index in [9.17, 15) is 22.8 Å². The molecule has 0 aromatic rings. The fourth-order valence-electron chi connectivity index (χ4n) is 3.57. The highest BCUT2D eigenvalue weighted by Gasteiger charge is 2.45. The van der Waals surface area contributed by atoms with Crippen molar-refractivity contribution < 1.29 is 27.9 Å². The summed E-state index contributed by atoms with van der Waals surface area (Å²) < 4.78 is 37.0. The van der Waals surface area contributed by atoms with E-state index in [0.717, 1.165) is 17.7 Å². The number of carboxylic acid groups (broad SMARTS) is 1. The van der Waals surface area contributed by atoms with Crippen LogP contribution < -0.4 is 0 Å². The predicted octanol–water partition coefficient (Wildman–Crippen LogP) is 2.29. The number of piperidine rings is 1. The van der Waals surface area contributed by atoms with Gasteiger partial charge < -0.3 is 10.0 Å². The van der Waals surface area contributed by atoms with E-state index >= 15 is 0 Å². The highest BCUT2D eigenvalue weighted by atomic mass is 19.4. The molecule has 1 saturated heterocycles. The van der Waals surface area contributed by atoms with Gasteiger partial charge in [0.2, 0.25) is 0 Å². The molecule has 0 bridgehead atoms. The number of nitrogens with zero attached hydrogens (tertiary/aromatic N) is 1. The summed E-state index contributed by atoms with van der Waals surface area (Å²) in [6.45, 7) is 0.150. The Kier molecular flexibility index (Phi) is 4.25. The Balaban J connectivity index is 1.91. The molecule has 1 N–H and O–H groups in total. The Morgan fingerprint density at radius 2 is 1.65 bits per heavy atom. The van der Waals surface area contributed by atoms with Gasteiger partial charge in [0, 0.05) is 13.1 Å². The van der Waals surface area contributed by atoms with Crippen LogP contribution >= 0.6 is 0 Å². The van der Waals surface area contributed by atoms with Crippen LogP contribution in [-0.2, 0) is 9.59 Å². The third-order valence-corrected chi connectivity index (χ3v) is 4.56. The molecule has 0 spiro atoms. The third kappa shape index (κ3) is 3.07. The lowest BCUT2D eigenvalue weighted by molar-refractivity contribution is -0.187. The molecular weight excluding hydrogens is 275 g/mol. The van der Waals surface area contributed by atoms with Gasteiger partial charge in [-0.15, -0.1) is 0 Å². The molecule has 4 nitrogen and oxygen atoms in total. The number of carboxylic acids is 1. The van der Waals surface area contributed by atoms with Crippen molar-refractivity contribution in [2.24, 2.45) is 17.8 Å². The minimum absolute atomic E-state index is 0.0515. The summed E-state index contributed by atoms with van der Waals surface area (Å²) in [6.07, 6.45) is -1.53. The summed E-state index contributed by atoms with van der Waals surface area (Å²) in [6, 6.07) is 0. The Labute approximate surface area is 114 Å². The fraction of sp³-hybridized carbons (Fsp3) is 0.846. The van der Waals surface area contributed by atoms with Gasteiger partial charge in [0.1, 0.15) is 0 Å². The molecule has 7 heteroatoms. The maximum Gasteiger partial charge on any atom is 0.471 e. The van der Waals surface area contributed by atoms with Gasteiger partial charge in [-0.1, -0.05) is 6.42 Å². The molecule has 1 aliphatic carbocycles. The number of amides is 1. The molecule has 2 rings (SSSR count). The monoisotopic (exact) mass is 293 g/mol. The van der Waals surface area contributed by atoms with Crippen LogP contribution in [0, 0.1) is 17.8 Å². The quantitative estimate of drug-likeness (QED) is 0.850. The minimum Gasteiger partial charge on any atom is -0.481 e. The molecule has 1 amide bonds. The molecule has 1 heterocycles. The van der Waals surface area contributed by atoms with E-state index in [-0.39, 0.29) is 30.8 Å².